The first-order chi connectivity index (χ1) is 31.4. The van der Waals surface area contributed by atoms with E-state index in [1.54, 1.807) is 25.4 Å². The van der Waals surface area contributed by atoms with Crippen LogP contribution >= 0.6 is 11.3 Å². The Hall–Kier alpha value is -4.98. The van der Waals surface area contributed by atoms with Crippen molar-refractivity contribution in [3.8, 4) is 22.2 Å². The summed E-state index contributed by atoms with van der Waals surface area (Å²) in [5.41, 5.74) is -3.14. The molecule has 1 saturated heterocycles. The number of carbonyl (C=O) groups is 4. The number of sulfonamides is 1. The van der Waals surface area contributed by atoms with Gasteiger partial charge in [-0.2, -0.15) is 13.2 Å². The molecule has 0 bridgehead atoms. The third-order valence-electron chi connectivity index (χ3n) is 13.5. The Labute approximate surface area is 393 Å². The van der Waals surface area contributed by atoms with Crippen LogP contribution in [0.15, 0.2) is 41.9 Å². The molecule has 4 heterocycles. The van der Waals surface area contributed by atoms with Gasteiger partial charge in [0.25, 0.3) is 5.91 Å². The Morgan fingerprint density at radius 3 is 2.39 bits per heavy atom. The molecular formula is C47H61F3N6O9S2. The highest BCUT2D eigenvalue weighted by atomic mass is 32.2. The summed E-state index contributed by atoms with van der Waals surface area (Å²) >= 11 is 1.47. The van der Waals surface area contributed by atoms with E-state index in [9.17, 15) is 36.0 Å². The molecule has 366 valence electrons. The number of alkyl carbamates (subject to hydrolysis) is 1. The predicted molar refractivity (Wildman–Crippen MR) is 246 cm³/mol. The maximum absolute atomic E-state index is 15.2. The maximum atomic E-state index is 15.2. The molecular weight excluding hydrogens is 914 g/mol. The molecule has 4 aliphatic rings. The molecule has 67 heavy (non-hydrogen) atoms. The number of nitrogens with zero attached hydrogens (tertiary/aromatic N) is 3. The minimum Gasteiger partial charge on any atom is -0.497 e. The molecule has 7 atom stereocenters. The summed E-state index contributed by atoms with van der Waals surface area (Å²) in [4.78, 5) is 68.3. The zero-order valence-electron chi connectivity index (χ0n) is 39.1. The molecule has 15 nitrogen and oxygen atoms in total. The van der Waals surface area contributed by atoms with E-state index in [1.165, 1.54) is 16.2 Å². The third kappa shape index (κ3) is 10.7. The molecule has 0 radical (unpaired) electrons. The number of allylic oxidation sites excluding steroid dienone is 1. The largest absolute Gasteiger partial charge is 0.497 e. The Bertz CT molecular complexity index is 2520. The number of hydrogen-bond donors (Lipinski definition) is 3. The number of carbonyl (C=O) groups excluding carboxylic acids is 4. The number of nitrogens with one attached hydrogen (secondary N) is 3. The number of fused-ring (bicyclic) bond motifs is 3. The van der Waals surface area contributed by atoms with Crippen molar-refractivity contribution in [1.82, 2.24) is 30.2 Å². The highest BCUT2D eigenvalue weighted by Gasteiger charge is 2.62. The average Bonchev–Trinajstić information content (AvgIpc) is 4.13. The number of hydrogen-bond acceptors (Lipinski definition) is 12. The van der Waals surface area contributed by atoms with E-state index < -0.39 is 86.4 Å². The summed E-state index contributed by atoms with van der Waals surface area (Å²) in [5.74, 6) is -2.84. The predicted octanol–water partition coefficient (Wildman–Crippen LogP) is 7.72. The minimum atomic E-state index is -4.93. The topological polar surface area (TPSA) is 195 Å². The van der Waals surface area contributed by atoms with Crippen LogP contribution in [0, 0.1) is 17.8 Å². The summed E-state index contributed by atoms with van der Waals surface area (Å²) in [6.07, 6.45) is 1.42. The SMILES string of the molecule is CC[C@@H]1CC/C=C\[C@H]2C[C@@]2(C(=O)NS(=O)(=O)C2CC2)NC(=O)[C@@H]2C[C@@H](Oc3ncc(-c4nc(C(C)(C)C)cs4)c4cc(OC)ccc34)CN2C(=O)[C@@H](NC(=O)OC(C)(C)C(F)(F)F)[C@H](CC)C1. The van der Waals surface area contributed by atoms with Crippen molar-refractivity contribution in [2.75, 3.05) is 13.7 Å². The van der Waals surface area contributed by atoms with Crippen LogP contribution in [0.1, 0.15) is 112 Å². The quantitative estimate of drug-likeness (QED) is 0.159. The number of benzene rings is 1. The smallest absolute Gasteiger partial charge is 0.427 e. The van der Waals surface area contributed by atoms with Gasteiger partial charge in [-0.1, -0.05) is 59.6 Å². The van der Waals surface area contributed by atoms with Crippen LogP contribution in [0.25, 0.3) is 21.3 Å². The van der Waals surface area contributed by atoms with E-state index in [0.29, 0.717) is 75.3 Å². The lowest BCUT2D eigenvalue weighted by Gasteiger charge is -2.35. The number of ether oxygens (including phenoxy) is 3. The number of pyridine rings is 1. The summed E-state index contributed by atoms with van der Waals surface area (Å²) in [6.45, 7) is 11.2. The fourth-order valence-electron chi connectivity index (χ4n) is 8.88. The number of halogens is 3. The fraction of sp³-hybridized carbons (Fsp3) is 0.617. The highest BCUT2D eigenvalue weighted by Crippen LogP contribution is 2.47. The monoisotopic (exact) mass is 974 g/mol. The second-order valence-corrected chi connectivity index (χ2v) is 22.6. The summed E-state index contributed by atoms with van der Waals surface area (Å²) < 4.78 is 87.3. The Balaban J connectivity index is 1.27. The van der Waals surface area contributed by atoms with Crippen molar-refractivity contribution in [2.45, 2.75) is 152 Å². The van der Waals surface area contributed by atoms with Gasteiger partial charge >= 0.3 is 12.3 Å². The first kappa shape index (κ1) is 49.9. The van der Waals surface area contributed by atoms with Gasteiger partial charge in [0.2, 0.25) is 33.3 Å². The van der Waals surface area contributed by atoms with Crippen LogP contribution in [0.5, 0.6) is 11.6 Å². The molecule has 3 aromatic rings. The summed E-state index contributed by atoms with van der Waals surface area (Å²) in [5, 5.41) is 8.62. The molecule has 3 N–H and O–H groups in total. The van der Waals surface area contributed by atoms with Crippen molar-refractivity contribution in [3.05, 3.63) is 47.6 Å². The van der Waals surface area contributed by atoms with Crippen LogP contribution in [0.2, 0.25) is 0 Å². The molecule has 7 rings (SSSR count). The lowest BCUT2D eigenvalue weighted by Crippen LogP contribution is -2.59. The standard InChI is InChI=1S/C47H61F3N6O9S2/c1-9-26-13-11-12-14-28-22-46(28,42(59)55-67(61,62)31-16-17-31)54-38(57)35-21-30(24-56(35)41(58)37(27(10-2)19-26)53-43(60)65-45(6,7)47(48,49)50)64-39-32-18-15-29(63-8)20-33(32)34(23-51-39)40-52-36(25-66-40)44(3,4)5/h12,14-15,18,20,23,25-28,30-31,35,37H,9-11,13,16-17,19,21-22,24H2,1-8H3,(H,53,60)(H,54,57)(H,55,59)/b14-12-/t26-,27-,28+,30-,35+,37+,46-/m1/s1. The maximum Gasteiger partial charge on any atom is 0.427 e. The molecule has 0 unspecified atom stereocenters. The second-order valence-electron chi connectivity index (χ2n) is 19.8. The molecule has 4 amide bonds. The molecule has 2 saturated carbocycles. The van der Waals surface area contributed by atoms with E-state index in [1.807, 2.05) is 37.4 Å². The van der Waals surface area contributed by atoms with E-state index in [-0.39, 0.29) is 36.6 Å². The van der Waals surface area contributed by atoms with Gasteiger partial charge in [-0.25, -0.2) is 23.2 Å². The first-order valence-electron chi connectivity index (χ1n) is 22.9. The fourth-order valence-corrected chi connectivity index (χ4v) is 11.3. The highest BCUT2D eigenvalue weighted by molar-refractivity contribution is 7.91. The van der Waals surface area contributed by atoms with Crippen LogP contribution in [-0.2, 0) is 34.6 Å². The zero-order valence-corrected chi connectivity index (χ0v) is 40.8. The number of amides is 4. The Morgan fingerprint density at radius 2 is 1.76 bits per heavy atom. The van der Waals surface area contributed by atoms with Gasteiger partial charge in [-0.15, -0.1) is 11.3 Å². The minimum absolute atomic E-state index is 0.00556. The van der Waals surface area contributed by atoms with Gasteiger partial charge in [-0.3, -0.25) is 19.1 Å². The Morgan fingerprint density at radius 1 is 1.03 bits per heavy atom. The van der Waals surface area contributed by atoms with Crippen LogP contribution in [0.4, 0.5) is 18.0 Å². The molecule has 1 aromatic carbocycles. The summed E-state index contributed by atoms with van der Waals surface area (Å²) in [7, 11) is -2.46. The number of alkyl halides is 3. The van der Waals surface area contributed by atoms with Crippen molar-refractivity contribution < 1.29 is 55.0 Å². The van der Waals surface area contributed by atoms with Crippen LogP contribution in [0.3, 0.4) is 0 Å². The molecule has 2 aliphatic heterocycles. The van der Waals surface area contributed by atoms with Crippen molar-refractivity contribution in [2.24, 2.45) is 17.8 Å². The lowest BCUT2D eigenvalue weighted by atomic mass is 9.83. The van der Waals surface area contributed by atoms with Gasteiger partial charge < -0.3 is 29.7 Å². The first-order valence-corrected chi connectivity index (χ1v) is 25.3. The van der Waals surface area contributed by atoms with Crippen LogP contribution in [-0.4, -0.2) is 102 Å². The average molecular weight is 975 g/mol. The molecule has 2 aromatic heterocycles. The molecule has 0 spiro atoms. The van der Waals surface area contributed by atoms with Gasteiger partial charge in [0.05, 0.1) is 24.6 Å². The molecule has 20 heteroatoms. The van der Waals surface area contributed by atoms with Crippen molar-refractivity contribution >= 4 is 55.9 Å². The van der Waals surface area contributed by atoms with Crippen molar-refractivity contribution in [1.29, 1.82) is 0 Å². The zero-order chi connectivity index (χ0) is 48.9. The number of rotatable bonds is 11. The van der Waals surface area contributed by atoms with Gasteiger partial charge in [0, 0.05) is 45.7 Å². The number of methoxy groups -OCH3 is 1. The number of thiazole rings is 1. The van der Waals surface area contributed by atoms with Crippen molar-refractivity contribution in [3.63, 3.8) is 0 Å². The third-order valence-corrected chi connectivity index (χ3v) is 16.2. The normalized spacial score (nSPS) is 26.9. The van der Waals surface area contributed by atoms with E-state index in [4.69, 9.17) is 24.2 Å². The summed E-state index contributed by atoms with van der Waals surface area (Å²) in [6, 6.07) is 2.58. The van der Waals surface area contributed by atoms with Gasteiger partial charge in [-0.05, 0) is 82.4 Å². The molecule has 3 fully saturated rings. The second kappa shape index (κ2) is 18.8. The van der Waals surface area contributed by atoms with E-state index >= 15 is 4.79 Å². The Kier molecular flexibility index (Phi) is 14.0. The van der Waals surface area contributed by atoms with E-state index in [0.717, 1.165) is 16.3 Å². The van der Waals surface area contributed by atoms with Crippen LogP contribution < -0.4 is 24.8 Å². The number of aromatic nitrogens is 2. The van der Waals surface area contributed by atoms with E-state index in [2.05, 4.69) is 36.1 Å². The lowest BCUT2D eigenvalue weighted by molar-refractivity contribution is -0.244. The van der Waals surface area contributed by atoms with Gasteiger partial charge in [0.15, 0.2) is 0 Å². The van der Waals surface area contributed by atoms with Gasteiger partial charge in [0.1, 0.15) is 34.5 Å². The molecule has 2 aliphatic carbocycles.